The van der Waals surface area contributed by atoms with E-state index in [2.05, 4.69) is 15.8 Å². The summed E-state index contributed by atoms with van der Waals surface area (Å²) < 4.78 is 23.7. The first-order valence-corrected chi connectivity index (χ1v) is 10.4. The minimum absolute atomic E-state index is 0.0296. The molecule has 2 amide bonds. The van der Waals surface area contributed by atoms with Crippen LogP contribution in [-0.2, 0) is 4.79 Å². The van der Waals surface area contributed by atoms with E-state index >= 15 is 0 Å². The van der Waals surface area contributed by atoms with E-state index in [1.807, 2.05) is 0 Å². The van der Waals surface area contributed by atoms with Crippen molar-refractivity contribution in [2.45, 2.75) is 56.2 Å². The molecule has 1 aromatic heterocycles. The number of carbonyl (C=O) groups is 2. The second kappa shape index (κ2) is 8.12. The molecule has 8 nitrogen and oxygen atoms in total. The van der Waals surface area contributed by atoms with Gasteiger partial charge in [0.25, 0.3) is 11.8 Å². The number of halogens is 2. The van der Waals surface area contributed by atoms with Crippen LogP contribution in [0.25, 0.3) is 0 Å². The highest BCUT2D eigenvalue weighted by Gasteiger charge is 2.55. The van der Waals surface area contributed by atoms with Gasteiger partial charge in [-0.05, 0) is 51.2 Å². The number of fused-ring (bicyclic) bond motifs is 3. The number of aromatic nitrogens is 1. The quantitative estimate of drug-likeness (QED) is 0.622. The van der Waals surface area contributed by atoms with Crippen molar-refractivity contribution < 1.29 is 28.3 Å². The molecule has 166 valence electrons. The van der Waals surface area contributed by atoms with Gasteiger partial charge < -0.3 is 25.0 Å². The number of hydrogen-bond donors (Lipinski definition) is 3. The number of aryl methyl sites for hydroxylation is 1. The maximum absolute atomic E-state index is 13.5. The van der Waals surface area contributed by atoms with Crippen molar-refractivity contribution in [2.75, 3.05) is 6.61 Å². The van der Waals surface area contributed by atoms with Crippen LogP contribution in [0.2, 0.25) is 5.02 Å². The standard InChI is InChI=1S/C21H23ClFN3O5/c1-12-14(10-31-26-12)19(29)25-20-4-6-21(7-5-20,17(27)9-20)24-18(28)11-30-13-2-3-15(22)16(23)8-13/h2-3,8,10,17,27H,4-7,9,11H2,1H3,(H,24,28)(H,25,29). The van der Waals surface area contributed by atoms with Crippen LogP contribution >= 0.6 is 11.6 Å². The van der Waals surface area contributed by atoms with Gasteiger partial charge in [-0.2, -0.15) is 0 Å². The minimum atomic E-state index is -0.823. The van der Waals surface area contributed by atoms with Gasteiger partial charge in [-0.25, -0.2) is 4.39 Å². The van der Waals surface area contributed by atoms with Gasteiger partial charge in [-0.3, -0.25) is 9.59 Å². The fourth-order valence-electron chi connectivity index (χ4n) is 4.51. The summed E-state index contributed by atoms with van der Waals surface area (Å²) in [6.07, 6.45) is 3.06. The average molecular weight is 452 g/mol. The highest BCUT2D eigenvalue weighted by Crippen LogP contribution is 2.47. The molecule has 1 aromatic carbocycles. The average Bonchev–Trinajstić information content (AvgIpc) is 3.16. The first kappa shape index (κ1) is 21.6. The fourth-order valence-corrected chi connectivity index (χ4v) is 4.63. The fraction of sp³-hybridized carbons (Fsp3) is 0.476. The summed E-state index contributed by atoms with van der Waals surface area (Å²) in [5.41, 5.74) is -0.437. The van der Waals surface area contributed by atoms with Crippen LogP contribution in [0.1, 0.15) is 48.2 Å². The van der Waals surface area contributed by atoms with Crippen LogP contribution in [0.3, 0.4) is 0 Å². The van der Waals surface area contributed by atoms with E-state index in [-0.39, 0.29) is 23.3 Å². The molecule has 0 radical (unpaired) electrons. The van der Waals surface area contributed by atoms with E-state index in [1.165, 1.54) is 18.4 Å². The van der Waals surface area contributed by atoms with Gasteiger partial charge in [-0.1, -0.05) is 16.8 Å². The van der Waals surface area contributed by atoms with Gasteiger partial charge in [-0.15, -0.1) is 0 Å². The van der Waals surface area contributed by atoms with Crippen molar-refractivity contribution >= 4 is 23.4 Å². The smallest absolute Gasteiger partial charge is 0.258 e. The predicted octanol–water partition coefficient (Wildman–Crippen LogP) is 2.52. The first-order valence-electron chi connectivity index (χ1n) is 10.0. The Morgan fingerprint density at radius 3 is 2.68 bits per heavy atom. The number of nitrogens with zero attached hydrogens (tertiary/aromatic N) is 1. The molecule has 3 N–H and O–H groups in total. The summed E-state index contributed by atoms with van der Waals surface area (Å²) in [5, 5.41) is 20.4. The van der Waals surface area contributed by atoms with Crippen molar-refractivity contribution in [3.8, 4) is 5.75 Å². The lowest BCUT2D eigenvalue weighted by molar-refractivity contribution is -0.132. The third-order valence-electron chi connectivity index (χ3n) is 6.34. The summed E-state index contributed by atoms with van der Waals surface area (Å²) in [7, 11) is 0. The number of rotatable bonds is 6. The van der Waals surface area contributed by atoms with Crippen LogP contribution < -0.4 is 15.4 Å². The van der Waals surface area contributed by atoms with Gasteiger partial charge >= 0.3 is 0 Å². The molecule has 0 spiro atoms. The maximum Gasteiger partial charge on any atom is 0.258 e. The Morgan fingerprint density at radius 2 is 2.06 bits per heavy atom. The summed E-state index contributed by atoms with van der Waals surface area (Å²) >= 11 is 5.64. The highest BCUT2D eigenvalue weighted by molar-refractivity contribution is 6.30. The zero-order chi connectivity index (χ0) is 22.2. The third-order valence-corrected chi connectivity index (χ3v) is 6.65. The molecule has 0 saturated heterocycles. The van der Waals surface area contributed by atoms with Crippen LogP contribution in [-0.4, -0.2) is 45.9 Å². The second-order valence-electron chi connectivity index (χ2n) is 8.34. The molecule has 5 rings (SSSR count). The summed E-state index contributed by atoms with van der Waals surface area (Å²) in [6, 6.07) is 3.93. The summed E-state index contributed by atoms with van der Waals surface area (Å²) in [4.78, 5) is 25.1. The summed E-state index contributed by atoms with van der Waals surface area (Å²) in [5.74, 6) is -1.14. The number of ether oxygens (including phenoxy) is 1. The van der Waals surface area contributed by atoms with Gasteiger partial charge in [0.05, 0.1) is 22.4 Å². The van der Waals surface area contributed by atoms with Gasteiger partial charge in [0.2, 0.25) is 0 Å². The number of benzene rings is 1. The molecule has 2 bridgehead atoms. The van der Waals surface area contributed by atoms with Crippen LogP contribution in [0.5, 0.6) is 5.75 Å². The highest BCUT2D eigenvalue weighted by atomic mass is 35.5. The zero-order valence-electron chi connectivity index (χ0n) is 16.9. The number of aliphatic hydroxyl groups is 1. The Hall–Kier alpha value is -2.65. The minimum Gasteiger partial charge on any atom is -0.484 e. The van der Waals surface area contributed by atoms with Crippen molar-refractivity contribution in [2.24, 2.45) is 0 Å². The third kappa shape index (κ3) is 4.24. The normalized spacial score (nSPS) is 27.0. The summed E-state index contributed by atoms with van der Waals surface area (Å²) in [6.45, 7) is 1.37. The Bertz CT molecular complexity index is 1000. The number of aliphatic hydroxyl groups excluding tert-OH is 1. The van der Waals surface area contributed by atoms with Crippen molar-refractivity contribution in [1.29, 1.82) is 0 Å². The number of carbonyl (C=O) groups excluding carboxylic acids is 2. The molecule has 3 fully saturated rings. The van der Waals surface area contributed by atoms with Crippen LogP contribution in [0.4, 0.5) is 4.39 Å². The second-order valence-corrected chi connectivity index (χ2v) is 8.74. The van der Waals surface area contributed by atoms with Gasteiger partial charge in [0.1, 0.15) is 23.4 Å². The monoisotopic (exact) mass is 451 g/mol. The molecular weight excluding hydrogens is 429 g/mol. The molecule has 3 aliphatic carbocycles. The molecule has 0 aliphatic heterocycles. The molecular formula is C21H23ClFN3O5. The Kier molecular flexibility index (Phi) is 5.65. The Morgan fingerprint density at radius 1 is 1.32 bits per heavy atom. The van der Waals surface area contributed by atoms with E-state index in [1.54, 1.807) is 6.92 Å². The van der Waals surface area contributed by atoms with Crippen LogP contribution in [0, 0.1) is 12.7 Å². The van der Waals surface area contributed by atoms with E-state index < -0.39 is 28.9 Å². The predicted molar refractivity (Wildman–Crippen MR) is 108 cm³/mol. The van der Waals surface area contributed by atoms with E-state index in [0.717, 1.165) is 6.07 Å². The first-order chi connectivity index (χ1) is 14.7. The number of nitrogens with one attached hydrogen (secondary N) is 2. The Balaban J connectivity index is 1.35. The van der Waals surface area contributed by atoms with Gasteiger partial charge in [0, 0.05) is 11.6 Å². The SMILES string of the molecule is Cc1nocc1C(=O)NC12CCC(NC(=O)COc3ccc(Cl)c(F)c3)(CC1)C(O)C2. The van der Waals surface area contributed by atoms with Crippen molar-refractivity contribution in [3.05, 3.63) is 46.6 Å². The lowest BCUT2D eigenvalue weighted by Crippen LogP contribution is -2.70. The molecule has 1 atom stereocenters. The van der Waals surface area contributed by atoms with Crippen molar-refractivity contribution in [1.82, 2.24) is 15.8 Å². The lowest BCUT2D eigenvalue weighted by atomic mass is 9.60. The van der Waals surface area contributed by atoms with Gasteiger partial charge in [0.15, 0.2) is 6.61 Å². The molecule has 10 heteroatoms. The molecule has 3 aliphatic rings. The van der Waals surface area contributed by atoms with Crippen LogP contribution in [0.15, 0.2) is 29.0 Å². The number of hydrogen-bond acceptors (Lipinski definition) is 6. The maximum atomic E-state index is 13.5. The van der Waals surface area contributed by atoms with E-state index in [4.69, 9.17) is 20.9 Å². The topological polar surface area (TPSA) is 114 Å². The largest absolute Gasteiger partial charge is 0.484 e. The van der Waals surface area contributed by atoms with E-state index in [9.17, 15) is 19.1 Å². The molecule has 1 unspecified atom stereocenters. The Labute approximate surface area is 183 Å². The zero-order valence-corrected chi connectivity index (χ0v) is 17.7. The van der Waals surface area contributed by atoms with Crippen molar-refractivity contribution in [3.63, 3.8) is 0 Å². The molecule has 1 heterocycles. The molecule has 31 heavy (non-hydrogen) atoms. The number of amides is 2. The van der Waals surface area contributed by atoms with E-state index in [0.29, 0.717) is 43.4 Å². The molecule has 3 saturated carbocycles. The molecule has 2 aromatic rings. The lowest BCUT2D eigenvalue weighted by Gasteiger charge is -2.56.